The largest absolute Gasteiger partial charge is 0.497 e. The van der Waals surface area contributed by atoms with Crippen molar-refractivity contribution >= 4 is 0 Å². The SMILES string of the molecule is COc1cccc(Cc2nc(CCN)co2)c1. The lowest BCUT2D eigenvalue weighted by Crippen LogP contribution is -2.02. The molecular formula is C13H16N2O2. The molecule has 0 saturated carbocycles. The molecule has 2 N–H and O–H groups in total. The molecule has 0 bridgehead atoms. The maximum Gasteiger partial charge on any atom is 0.198 e. The minimum atomic E-state index is 0.588. The number of ether oxygens (including phenoxy) is 1. The van der Waals surface area contributed by atoms with E-state index in [1.807, 2.05) is 24.3 Å². The summed E-state index contributed by atoms with van der Waals surface area (Å²) >= 11 is 0. The molecule has 0 fully saturated rings. The van der Waals surface area contributed by atoms with Crippen LogP contribution in [-0.2, 0) is 12.8 Å². The van der Waals surface area contributed by atoms with Gasteiger partial charge in [-0.1, -0.05) is 12.1 Å². The summed E-state index contributed by atoms with van der Waals surface area (Å²) in [6.07, 6.45) is 3.09. The highest BCUT2D eigenvalue weighted by atomic mass is 16.5. The van der Waals surface area contributed by atoms with E-state index >= 15 is 0 Å². The highest BCUT2D eigenvalue weighted by Gasteiger charge is 2.05. The minimum absolute atomic E-state index is 0.588. The summed E-state index contributed by atoms with van der Waals surface area (Å²) in [5.41, 5.74) is 7.49. The van der Waals surface area contributed by atoms with E-state index in [4.69, 9.17) is 14.9 Å². The topological polar surface area (TPSA) is 61.3 Å². The quantitative estimate of drug-likeness (QED) is 0.853. The smallest absolute Gasteiger partial charge is 0.198 e. The first-order valence-corrected chi connectivity index (χ1v) is 5.58. The molecule has 17 heavy (non-hydrogen) atoms. The van der Waals surface area contributed by atoms with Gasteiger partial charge in [0.1, 0.15) is 12.0 Å². The molecule has 0 amide bonds. The third kappa shape index (κ3) is 3.07. The van der Waals surface area contributed by atoms with Crippen LogP contribution < -0.4 is 10.5 Å². The van der Waals surface area contributed by atoms with Crippen LogP contribution in [0.25, 0.3) is 0 Å². The van der Waals surface area contributed by atoms with Crippen molar-refractivity contribution in [3.05, 3.63) is 47.7 Å². The molecule has 1 aromatic carbocycles. The maximum atomic E-state index is 5.46. The van der Waals surface area contributed by atoms with Crippen molar-refractivity contribution in [2.45, 2.75) is 12.8 Å². The Morgan fingerprint density at radius 1 is 1.41 bits per heavy atom. The highest BCUT2D eigenvalue weighted by molar-refractivity contribution is 5.29. The molecule has 2 aromatic rings. The number of benzene rings is 1. The number of rotatable bonds is 5. The van der Waals surface area contributed by atoms with Crippen molar-refractivity contribution < 1.29 is 9.15 Å². The lowest BCUT2D eigenvalue weighted by Gasteiger charge is -2.01. The Hall–Kier alpha value is -1.81. The van der Waals surface area contributed by atoms with Crippen molar-refractivity contribution in [2.75, 3.05) is 13.7 Å². The van der Waals surface area contributed by atoms with Gasteiger partial charge in [0.05, 0.1) is 12.8 Å². The molecule has 4 nitrogen and oxygen atoms in total. The molecule has 0 aliphatic rings. The normalized spacial score (nSPS) is 10.5. The van der Waals surface area contributed by atoms with Crippen LogP contribution in [0.4, 0.5) is 0 Å². The second kappa shape index (κ2) is 5.50. The van der Waals surface area contributed by atoms with Gasteiger partial charge in [-0.25, -0.2) is 4.98 Å². The molecule has 0 aliphatic heterocycles. The molecule has 1 aromatic heterocycles. The van der Waals surface area contributed by atoms with Crippen molar-refractivity contribution in [2.24, 2.45) is 5.73 Å². The first kappa shape index (κ1) is 11.7. The van der Waals surface area contributed by atoms with Crippen molar-refractivity contribution in [1.29, 1.82) is 0 Å². The van der Waals surface area contributed by atoms with Gasteiger partial charge < -0.3 is 14.9 Å². The third-order valence-corrected chi connectivity index (χ3v) is 2.49. The average molecular weight is 232 g/mol. The predicted octanol–water partition coefficient (Wildman–Crippen LogP) is 1.78. The third-order valence-electron chi connectivity index (χ3n) is 2.49. The van der Waals surface area contributed by atoms with E-state index in [9.17, 15) is 0 Å². The zero-order valence-electron chi connectivity index (χ0n) is 9.85. The van der Waals surface area contributed by atoms with Crippen molar-refractivity contribution in [1.82, 2.24) is 4.98 Å². The van der Waals surface area contributed by atoms with Crippen LogP contribution in [0.3, 0.4) is 0 Å². The molecule has 0 radical (unpaired) electrons. The van der Waals surface area contributed by atoms with E-state index in [1.54, 1.807) is 13.4 Å². The molecule has 2 rings (SSSR count). The van der Waals surface area contributed by atoms with Gasteiger partial charge in [-0.3, -0.25) is 0 Å². The summed E-state index contributed by atoms with van der Waals surface area (Å²) in [5.74, 6) is 1.55. The summed E-state index contributed by atoms with van der Waals surface area (Å²) in [6.45, 7) is 0.588. The number of hydrogen-bond donors (Lipinski definition) is 1. The van der Waals surface area contributed by atoms with E-state index in [0.717, 1.165) is 23.4 Å². The van der Waals surface area contributed by atoms with Crippen LogP contribution in [0.2, 0.25) is 0 Å². The Morgan fingerprint density at radius 3 is 3.06 bits per heavy atom. The van der Waals surface area contributed by atoms with Crippen molar-refractivity contribution in [3.8, 4) is 5.75 Å². The summed E-state index contributed by atoms with van der Waals surface area (Å²) < 4.78 is 10.6. The number of nitrogens with zero attached hydrogens (tertiary/aromatic N) is 1. The predicted molar refractivity (Wildman–Crippen MR) is 65.1 cm³/mol. The van der Waals surface area contributed by atoms with E-state index in [-0.39, 0.29) is 0 Å². The molecular weight excluding hydrogens is 216 g/mol. The van der Waals surface area contributed by atoms with E-state index in [0.29, 0.717) is 18.9 Å². The average Bonchev–Trinajstić information content (AvgIpc) is 2.77. The summed E-state index contributed by atoms with van der Waals surface area (Å²) in [7, 11) is 1.66. The molecule has 1 heterocycles. The zero-order chi connectivity index (χ0) is 12.1. The molecule has 0 atom stereocenters. The molecule has 0 spiro atoms. The number of hydrogen-bond acceptors (Lipinski definition) is 4. The number of nitrogens with two attached hydrogens (primary N) is 1. The number of aromatic nitrogens is 1. The van der Waals surface area contributed by atoms with Gasteiger partial charge in [0.2, 0.25) is 0 Å². The molecule has 90 valence electrons. The number of methoxy groups -OCH3 is 1. The maximum absolute atomic E-state index is 5.46. The van der Waals surface area contributed by atoms with E-state index in [1.165, 1.54) is 0 Å². The van der Waals surface area contributed by atoms with Gasteiger partial charge in [-0.05, 0) is 24.2 Å². The second-order valence-corrected chi connectivity index (χ2v) is 3.80. The van der Waals surface area contributed by atoms with Crippen LogP contribution in [0, 0.1) is 0 Å². The summed E-state index contributed by atoms with van der Waals surface area (Å²) in [6, 6.07) is 7.87. The first-order valence-electron chi connectivity index (χ1n) is 5.58. The molecule has 0 aliphatic carbocycles. The lowest BCUT2D eigenvalue weighted by molar-refractivity contribution is 0.414. The zero-order valence-corrected chi connectivity index (χ0v) is 9.85. The van der Waals surface area contributed by atoms with Crippen LogP contribution in [0.15, 0.2) is 34.9 Å². The van der Waals surface area contributed by atoms with Crippen molar-refractivity contribution in [3.63, 3.8) is 0 Å². The lowest BCUT2D eigenvalue weighted by atomic mass is 10.1. The Morgan fingerprint density at radius 2 is 2.29 bits per heavy atom. The van der Waals surface area contributed by atoms with Gasteiger partial charge in [-0.15, -0.1) is 0 Å². The first-order chi connectivity index (χ1) is 8.31. The van der Waals surface area contributed by atoms with Crippen LogP contribution in [0.5, 0.6) is 5.75 Å². The fourth-order valence-corrected chi connectivity index (χ4v) is 1.65. The highest BCUT2D eigenvalue weighted by Crippen LogP contribution is 2.16. The minimum Gasteiger partial charge on any atom is -0.497 e. The molecule has 0 saturated heterocycles. The van der Waals surface area contributed by atoms with Gasteiger partial charge in [0, 0.05) is 12.8 Å². The van der Waals surface area contributed by atoms with Crippen LogP contribution >= 0.6 is 0 Å². The second-order valence-electron chi connectivity index (χ2n) is 3.80. The van der Waals surface area contributed by atoms with Crippen LogP contribution in [-0.4, -0.2) is 18.6 Å². The van der Waals surface area contributed by atoms with Gasteiger partial charge in [0.15, 0.2) is 5.89 Å². The Balaban J connectivity index is 2.08. The van der Waals surface area contributed by atoms with Gasteiger partial charge in [0.25, 0.3) is 0 Å². The Labute approximate surface area is 100 Å². The number of oxazole rings is 1. The standard InChI is InChI=1S/C13H16N2O2/c1-16-12-4-2-3-10(7-12)8-13-15-11(5-6-14)9-17-13/h2-4,7,9H,5-6,8,14H2,1H3. The fourth-order valence-electron chi connectivity index (χ4n) is 1.65. The Bertz CT molecular complexity index is 480. The van der Waals surface area contributed by atoms with Gasteiger partial charge >= 0.3 is 0 Å². The summed E-state index contributed by atoms with van der Waals surface area (Å²) in [4.78, 5) is 4.36. The monoisotopic (exact) mass is 232 g/mol. The molecule has 0 unspecified atom stereocenters. The Kier molecular flexibility index (Phi) is 3.77. The van der Waals surface area contributed by atoms with Crippen LogP contribution in [0.1, 0.15) is 17.1 Å². The van der Waals surface area contributed by atoms with E-state index in [2.05, 4.69) is 4.98 Å². The molecule has 4 heteroatoms. The van der Waals surface area contributed by atoms with E-state index < -0.39 is 0 Å². The van der Waals surface area contributed by atoms with Gasteiger partial charge in [-0.2, -0.15) is 0 Å². The fraction of sp³-hybridized carbons (Fsp3) is 0.308. The summed E-state index contributed by atoms with van der Waals surface area (Å²) in [5, 5.41) is 0.